The molecule has 1 aromatic rings. The van der Waals surface area contributed by atoms with E-state index < -0.39 is 0 Å². The lowest BCUT2D eigenvalue weighted by Crippen LogP contribution is -2.24. The third-order valence-corrected chi connectivity index (χ3v) is 4.29. The van der Waals surface area contributed by atoms with Gasteiger partial charge in [0.1, 0.15) is 4.64 Å². The van der Waals surface area contributed by atoms with E-state index in [0.717, 1.165) is 23.5 Å². The number of halogens is 1. The molecule has 5 heteroatoms. The van der Waals surface area contributed by atoms with Gasteiger partial charge < -0.3 is 9.88 Å². The fourth-order valence-electron chi connectivity index (χ4n) is 1.79. The Morgan fingerprint density at radius 1 is 1.44 bits per heavy atom. The Labute approximate surface area is 109 Å². The summed E-state index contributed by atoms with van der Waals surface area (Å²) >= 11 is 8.82. The quantitative estimate of drug-likeness (QED) is 0.862. The first-order valence-electron chi connectivity index (χ1n) is 5.72. The highest BCUT2D eigenvalue weighted by molar-refractivity contribution is 9.10. The topological polar surface area (TPSA) is 31.9 Å². The molecular weight excluding hydrogens is 286 g/mol. The van der Waals surface area contributed by atoms with Crippen LogP contribution in [0, 0.1) is 4.64 Å². The molecule has 1 aliphatic carbocycles. The van der Waals surface area contributed by atoms with Crippen LogP contribution in [0.3, 0.4) is 0 Å². The fraction of sp³-hybridized carbons (Fsp3) is 0.636. The van der Waals surface area contributed by atoms with Crippen LogP contribution in [0.4, 0.5) is 5.95 Å². The summed E-state index contributed by atoms with van der Waals surface area (Å²) in [4.78, 5) is 10.0. The number of hydrogen-bond donors (Lipinski definition) is 1. The van der Waals surface area contributed by atoms with Crippen LogP contribution in [0.1, 0.15) is 38.3 Å². The molecule has 16 heavy (non-hydrogen) atoms. The van der Waals surface area contributed by atoms with E-state index in [1.54, 1.807) is 0 Å². The average Bonchev–Trinajstić information content (AvgIpc) is 3.08. The molecule has 2 rings (SSSR count). The second-order valence-corrected chi connectivity index (χ2v) is 5.22. The van der Waals surface area contributed by atoms with E-state index in [4.69, 9.17) is 12.2 Å². The second-order valence-electron chi connectivity index (χ2n) is 4.04. The van der Waals surface area contributed by atoms with E-state index >= 15 is 0 Å². The molecule has 1 N–H and O–H groups in total. The van der Waals surface area contributed by atoms with Gasteiger partial charge in [0, 0.05) is 24.7 Å². The maximum absolute atomic E-state index is 5.29. The molecule has 0 atom stereocenters. The minimum absolute atomic E-state index is 0.647. The van der Waals surface area contributed by atoms with Gasteiger partial charge in [0.2, 0.25) is 5.95 Å². The predicted octanol–water partition coefficient (Wildman–Crippen LogP) is 3.63. The maximum atomic E-state index is 5.29. The van der Waals surface area contributed by atoms with Crippen molar-refractivity contribution in [2.24, 2.45) is 0 Å². The summed E-state index contributed by atoms with van der Waals surface area (Å²) in [6.07, 6.45) is 2.51. The molecule has 0 amide bonds. The highest BCUT2D eigenvalue weighted by atomic mass is 79.9. The van der Waals surface area contributed by atoms with E-state index in [9.17, 15) is 0 Å². The minimum Gasteiger partial charge on any atom is -0.343 e. The van der Waals surface area contributed by atoms with E-state index in [2.05, 4.69) is 44.6 Å². The highest BCUT2D eigenvalue weighted by Gasteiger charge is 2.27. The summed E-state index contributed by atoms with van der Waals surface area (Å²) in [5.74, 6) is 1.55. The summed E-state index contributed by atoms with van der Waals surface area (Å²) in [6.45, 7) is 6.14. The van der Waals surface area contributed by atoms with Gasteiger partial charge >= 0.3 is 0 Å². The van der Waals surface area contributed by atoms with Crippen molar-refractivity contribution in [3.63, 3.8) is 0 Å². The molecule has 0 radical (unpaired) electrons. The zero-order valence-corrected chi connectivity index (χ0v) is 12.0. The lowest BCUT2D eigenvalue weighted by Gasteiger charge is -2.20. The third kappa shape index (κ3) is 2.30. The minimum atomic E-state index is 0.647. The zero-order valence-electron chi connectivity index (χ0n) is 9.59. The van der Waals surface area contributed by atoms with Crippen LogP contribution in [-0.4, -0.2) is 23.1 Å². The van der Waals surface area contributed by atoms with Crippen molar-refractivity contribution in [2.75, 3.05) is 18.0 Å². The van der Waals surface area contributed by atoms with Crippen molar-refractivity contribution >= 4 is 34.1 Å². The number of aromatic amines is 1. The van der Waals surface area contributed by atoms with Gasteiger partial charge in [0.15, 0.2) is 0 Å². The molecule has 1 saturated carbocycles. The van der Waals surface area contributed by atoms with Crippen molar-refractivity contribution in [2.45, 2.75) is 32.6 Å². The van der Waals surface area contributed by atoms with E-state index in [0.29, 0.717) is 10.6 Å². The van der Waals surface area contributed by atoms with Crippen LogP contribution < -0.4 is 4.90 Å². The van der Waals surface area contributed by atoms with Gasteiger partial charge in [-0.25, -0.2) is 4.98 Å². The Hall–Kier alpha value is -0.420. The predicted molar refractivity (Wildman–Crippen MR) is 72.7 cm³/mol. The van der Waals surface area contributed by atoms with Crippen molar-refractivity contribution in [3.05, 3.63) is 14.8 Å². The summed E-state index contributed by atoms with van der Waals surface area (Å²) in [7, 11) is 0. The SMILES string of the molecule is CCN(CC)c1nc(=S)c(Br)c(C2CC2)[nH]1. The first-order chi connectivity index (χ1) is 7.67. The van der Waals surface area contributed by atoms with Crippen LogP contribution in [0.15, 0.2) is 4.47 Å². The normalized spacial score (nSPS) is 15.2. The smallest absolute Gasteiger partial charge is 0.204 e. The molecule has 1 heterocycles. The molecule has 0 aliphatic heterocycles. The first-order valence-corrected chi connectivity index (χ1v) is 6.92. The van der Waals surface area contributed by atoms with Crippen molar-refractivity contribution in [3.8, 4) is 0 Å². The third-order valence-electron chi connectivity index (χ3n) is 2.93. The maximum Gasteiger partial charge on any atom is 0.204 e. The molecule has 0 spiro atoms. The Morgan fingerprint density at radius 2 is 2.06 bits per heavy atom. The van der Waals surface area contributed by atoms with Gasteiger partial charge in [-0.2, -0.15) is 0 Å². The number of nitrogens with zero attached hydrogens (tertiary/aromatic N) is 2. The number of anilines is 1. The van der Waals surface area contributed by atoms with Gasteiger partial charge in [0.25, 0.3) is 0 Å². The van der Waals surface area contributed by atoms with Crippen LogP contribution in [0.2, 0.25) is 0 Å². The Morgan fingerprint density at radius 3 is 2.56 bits per heavy atom. The fourth-order valence-corrected chi connectivity index (χ4v) is 2.50. The summed E-state index contributed by atoms with van der Waals surface area (Å²) < 4.78 is 1.64. The van der Waals surface area contributed by atoms with Gasteiger partial charge in [-0.05, 0) is 42.6 Å². The largest absolute Gasteiger partial charge is 0.343 e. The molecule has 0 saturated heterocycles. The monoisotopic (exact) mass is 301 g/mol. The van der Waals surface area contributed by atoms with Crippen molar-refractivity contribution < 1.29 is 0 Å². The Balaban J connectivity index is 2.43. The number of nitrogens with one attached hydrogen (secondary N) is 1. The van der Waals surface area contributed by atoms with Crippen LogP contribution in [0.5, 0.6) is 0 Å². The molecule has 1 aliphatic rings. The van der Waals surface area contributed by atoms with Gasteiger partial charge in [-0.1, -0.05) is 12.2 Å². The molecule has 1 aromatic heterocycles. The van der Waals surface area contributed by atoms with E-state index in [1.165, 1.54) is 18.5 Å². The standard InChI is InChI=1S/C11H16BrN3S/c1-3-15(4-2)11-13-9(7-5-6-7)8(12)10(16)14-11/h7H,3-6H2,1-2H3,(H,13,14,16). The summed E-state index contributed by atoms with van der Waals surface area (Å²) in [5.41, 5.74) is 1.22. The van der Waals surface area contributed by atoms with Gasteiger partial charge in [0.05, 0.1) is 4.47 Å². The number of aromatic nitrogens is 2. The lowest BCUT2D eigenvalue weighted by molar-refractivity contribution is 0.804. The Kier molecular flexibility index (Phi) is 3.64. The molecule has 0 aromatic carbocycles. The molecule has 1 fully saturated rings. The summed E-state index contributed by atoms with van der Waals surface area (Å²) in [5, 5.41) is 0. The number of H-pyrrole nitrogens is 1. The lowest BCUT2D eigenvalue weighted by atomic mass is 10.3. The van der Waals surface area contributed by atoms with Gasteiger partial charge in [-0.15, -0.1) is 0 Å². The molecule has 88 valence electrons. The average molecular weight is 302 g/mol. The molecule has 0 bridgehead atoms. The van der Waals surface area contributed by atoms with Crippen LogP contribution in [-0.2, 0) is 0 Å². The van der Waals surface area contributed by atoms with E-state index in [1.807, 2.05) is 0 Å². The number of hydrogen-bond acceptors (Lipinski definition) is 3. The molecule has 3 nitrogen and oxygen atoms in total. The molecule has 0 unspecified atom stereocenters. The van der Waals surface area contributed by atoms with Crippen LogP contribution in [0.25, 0.3) is 0 Å². The number of rotatable bonds is 4. The summed E-state index contributed by atoms with van der Waals surface area (Å²) in [6, 6.07) is 0. The highest BCUT2D eigenvalue weighted by Crippen LogP contribution is 2.42. The van der Waals surface area contributed by atoms with E-state index in [-0.39, 0.29) is 0 Å². The second kappa shape index (κ2) is 4.84. The van der Waals surface area contributed by atoms with Crippen molar-refractivity contribution in [1.29, 1.82) is 0 Å². The van der Waals surface area contributed by atoms with Gasteiger partial charge in [-0.3, -0.25) is 0 Å². The van der Waals surface area contributed by atoms with Crippen molar-refractivity contribution in [1.82, 2.24) is 9.97 Å². The first kappa shape index (κ1) is 12.0. The Bertz CT molecular complexity index is 435. The van der Waals surface area contributed by atoms with Crippen LogP contribution >= 0.6 is 28.1 Å². The zero-order chi connectivity index (χ0) is 11.7. The molecular formula is C11H16BrN3S.